The molecule has 1 rings (SSSR count). The van der Waals surface area contributed by atoms with Crippen molar-refractivity contribution >= 4 is 24.3 Å². The lowest BCUT2D eigenvalue weighted by Crippen LogP contribution is -2.49. The molecule has 1 saturated heterocycles. The Bertz CT molecular complexity index is 313. The molecule has 20 heavy (non-hydrogen) atoms. The first-order valence-electron chi connectivity index (χ1n) is 7.34. The zero-order valence-corrected chi connectivity index (χ0v) is 13.2. The van der Waals surface area contributed by atoms with Crippen molar-refractivity contribution in [2.24, 2.45) is 0 Å². The molecule has 1 heterocycles. The van der Waals surface area contributed by atoms with Crippen LogP contribution in [-0.4, -0.2) is 47.1 Å². The highest BCUT2D eigenvalue weighted by Crippen LogP contribution is 2.18. The van der Waals surface area contributed by atoms with Gasteiger partial charge in [0, 0.05) is 6.54 Å². The van der Waals surface area contributed by atoms with E-state index in [1.165, 1.54) is 24.2 Å². The van der Waals surface area contributed by atoms with Gasteiger partial charge in [-0.15, -0.1) is 12.4 Å². The van der Waals surface area contributed by atoms with Gasteiger partial charge < -0.3 is 15.3 Å². The summed E-state index contributed by atoms with van der Waals surface area (Å²) in [6.07, 6.45) is 6.01. The molecule has 0 spiro atoms. The molecule has 0 radical (unpaired) electrons. The van der Waals surface area contributed by atoms with Crippen molar-refractivity contribution in [1.29, 1.82) is 0 Å². The number of hydrogen-bond donors (Lipinski definition) is 2. The molecule has 0 bridgehead atoms. The van der Waals surface area contributed by atoms with Gasteiger partial charge in [-0.05, 0) is 32.7 Å². The predicted octanol–water partition coefficient (Wildman–Crippen LogP) is 2.04. The lowest BCUT2D eigenvalue weighted by Gasteiger charge is -2.25. The Morgan fingerprint density at radius 2 is 2.05 bits per heavy atom. The Balaban J connectivity index is 0.00000361. The molecule has 0 aliphatic carbocycles. The van der Waals surface area contributed by atoms with Crippen molar-refractivity contribution in [1.82, 2.24) is 10.2 Å². The molecule has 2 atom stereocenters. The van der Waals surface area contributed by atoms with E-state index in [2.05, 4.69) is 12.2 Å². The molecule has 1 fully saturated rings. The van der Waals surface area contributed by atoms with E-state index in [0.29, 0.717) is 13.0 Å². The highest BCUT2D eigenvalue weighted by atomic mass is 35.5. The van der Waals surface area contributed by atoms with Gasteiger partial charge in [-0.3, -0.25) is 4.79 Å². The molecule has 5 nitrogen and oxygen atoms in total. The molecule has 0 saturated carbocycles. The molecule has 6 heteroatoms. The predicted molar refractivity (Wildman–Crippen MR) is 81.2 cm³/mol. The molecule has 1 aliphatic heterocycles. The first-order chi connectivity index (χ1) is 9.07. The number of nitrogens with one attached hydrogen (secondary N) is 1. The second-order valence-electron chi connectivity index (χ2n) is 5.26. The van der Waals surface area contributed by atoms with Crippen LogP contribution in [0.5, 0.6) is 0 Å². The van der Waals surface area contributed by atoms with Crippen molar-refractivity contribution in [3.63, 3.8) is 0 Å². The first kappa shape index (κ1) is 19.2. The number of carbonyl (C=O) groups excluding carboxylic acids is 1. The number of carboxylic acids is 1. The third-order valence-electron chi connectivity index (χ3n) is 3.67. The molecule has 118 valence electrons. The zero-order valence-electron chi connectivity index (χ0n) is 12.4. The summed E-state index contributed by atoms with van der Waals surface area (Å²) in [6.45, 7) is 5.37. The topological polar surface area (TPSA) is 69.6 Å². The maximum Gasteiger partial charge on any atom is 0.326 e. The second-order valence-corrected chi connectivity index (χ2v) is 5.26. The Morgan fingerprint density at radius 1 is 1.35 bits per heavy atom. The van der Waals surface area contributed by atoms with Crippen LogP contribution in [0.1, 0.15) is 52.4 Å². The lowest BCUT2D eigenvalue weighted by molar-refractivity contribution is -0.148. The summed E-state index contributed by atoms with van der Waals surface area (Å²) in [5, 5.41) is 12.3. The third kappa shape index (κ3) is 5.67. The quantitative estimate of drug-likeness (QED) is 0.673. The van der Waals surface area contributed by atoms with Gasteiger partial charge in [0.15, 0.2) is 0 Å². The van der Waals surface area contributed by atoms with Crippen molar-refractivity contribution < 1.29 is 14.7 Å². The molecule has 1 aliphatic rings. The Hall–Kier alpha value is -0.810. The van der Waals surface area contributed by atoms with Gasteiger partial charge in [0.2, 0.25) is 5.91 Å². The number of nitrogens with zero attached hydrogens (tertiary/aromatic N) is 1. The van der Waals surface area contributed by atoms with Crippen LogP contribution >= 0.6 is 12.4 Å². The summed E-state index contributed by atoms with van der Waals surface area (Å²) < 4.78 is 0. The number of carbonyl (C=O) groups is 2. The van der Waals surface area contributed by atoms with Gasteiger partial charge in [-0.25, -0.2) is 4.79 Å². The van der Waals surface area contributed by atoms with E-state index in [0.717, 1.165) is 19.4 Å². The summed E-state index contributed by atoms with van der Waals surface area (Å²) in [5.74, 6) is -0.971. The van der Waals surface area contributed by atoms with E-state index in [-0.39, 0.29) is 24.4 Å². The fourth-order valence-electron chi connectivity index (χ4n) is 2.49. The highest BCUT2D eigenvalue weighted by molar-refractivity contribution is 5.87. The smallest absolute Gasteiger partial charge is 0.326 e. The average molecular weight is 307 g/mol. The second kappa shape index (κ2) is 10.00. The molecule has 0 aromatic heterocycles. The van der Waals surface area contributed by atoms with E-state index in [1.807, 2.05) is 6.92 Å². The van der Waals surface area contributed by atoms with Crippen LogP contribution in [-0.2, 0) is 9.59 Å². The lowest BCUT2D eigenvalue weighted by atomic mass is 10.2. The van der Waals surface area contributed by atoms with E-state index in [9.17, 15) is 9.59 Å². The van der Waals surface area contributed by atoms with Crippen LogP contribution in [0, 0.1) is 0 Å². The van der Waals surface area contributed by atoms with Crippen molar-refractivity contribution in [2.75, 3.05) is 13.1 Å². The van der Waals surface area contributed by atoms with Crippen molar-refractivity contribution in [2.45, 2.75) is 64.5 Å². The number of halogens is 1. The summed E-state index contributed by atoms with van der Waals surface area (Å²) in [4.78, 5) is 24.7. The number of unbranched alkanes of at least 4 members (excludes halogenated alkanes) is 3. The Kier molecular flexibility index (Phi) is 9.59. The number of likely N-dealkylation sites (tertiary alicyclic amines) is 1. The molecule has 2 N–H and O–H groups in total. The number of amides is 1. The van der Waals surface area contributed by atoms with Gasteiger partial charge in [-0.2, -0.15) is 0 Å². The molecule has 0 unspecified atom stereocenters. The maximum absolute atomic E-state index is 12.2. The summed E-state index contributed by atoms with van der Waals surface area (Å²) in [6, 6.07) is -0.918. The van der Waals surface area contributed by atoms with Crippen LogP contribution in [0.2, 0.25) is 0 Å². The van der Waals surface area contributed by atoms with Crippen LogP contribution in [0.4, 0.5) is 0 Å². The fourth-order valence-corrected chi connectivity index (χ4v) is 2.49. The minimum Gasteiger partial charge on any atom is -0.480 e. The number of hydrogen-bond acceptors (Lipinski definition) is 3. The molecule has 1 amide bonds. The van der Waals surface area contributed by atoms with E-state index < -0.39 is 12.0 Å². The third-order valence-corrected chi connectivity index (χ3v) is 3.67. The van der Waals surface area contributed by atoms with Gasteiger partial charge in [0.25, 0.3) is 0 Å². The summed E-state index contributed by atoms with van der Waals surface area (Å²) >= 11 is 0. The van der Waals surface area contributed by atoms with Gasteiger partial charge in [-0.1, -0.05) is 26.2 Å². The highest BCUT2D eigenvalue weighted by Gasteiger charge is 2.35. The standard InChI is InChI=1S/C14H26N2O3.ClH/c1-3-4-5-6-9-15-11(2)13(17)16-10-7-8-12(16)14(18)19;/h11-12,15H,3-10H2,1-2H3,(H,18,19);1H/t11-,12-;/m0./s1. The SMILES string of the molecule is CCCCCCN[C@@H](C)C(=O)N1CCC[C@H]1C(=O)O.Cl. The molecule has 0 aromatic carbocycles. The largest absolute Gasteiger partial charge is 0.480 e. The van der Waals surface area contributed by atoms with Gasteiger partial charge >= 0.3 is 5.97 Å². The van der Waals surface area contributed by atoms with E-state index >= 15 is 0 Å². The monoisotopic (exact) mass is 306 g/mol. The Morgan fingerprint density at radius 3 is 2.65 bits per heavy atom. The maximum atomic E-state index is 12.2. The minimum atomic E-state index is -0.888. The molecular weight excluding hydrogens is 280 g/mol. The van der Waals surface area contributed by atoms with Crippen LogP contribution in [0.25, 0.3) is 0 Å². The van der Waals surface area contributed by atoms with E-state index in [4.69, 9.17) is 5.11 Å². The number of rotatable bonds is 8. The van der Waals surface area contributed by atoms with Crippen molar-refractivity contribution in [3.05, 3.63) is 0 Å². The number of carboxylic acid groups (broad SMARTS) is 1. The summed E-state index contributed by atoms with van der Waals surface area (Å²) in [7, 11) is 0. The normalized spacial score (nSPS) is 19.5. The molecule has 0 aromatic rings. The summed E-state index contributed by atoms with van der Waals surface area (Å²) in [5.41, 5.74) is 0. The van der Waals surface area contributed by atoms with Crippen molar-refractivity contribution in [3.8, 4) is 0 Å². The molecular formula is C14H27ClN2O3. The van der Waals surface area contributed by atoms with Gasteiger partial charge in [0.1, 0.15) is 6.04 Å². The van der Waals surface area contributed by atoms with Gasteiger partial charge in [0.05, 0.1) is 6.04 Å². The average Bonchev–Trinajstić information content (AvgIpc) is 2.86. The first-order valence-corrected chi connectivity index (χ1v) is 7.34. The van der Waals surface area contributed by atoms with Crippen LogP contribution in [0.3, 0.4) is 0 Å². The number of aliphatic carboxylic acids is 1. The van der Waals surface area contributed by atoms with Crippen LogP contribution < -0.4 is 5.32 Å². The minimum absolute atomic E-state index is 0. The van der Waals surface area contributed by atoms with E-state index in [1.54, 1.807) is 0 Å². The fraction of sp³-hybridized carbons (Fsp3) is 0.857. The zero-order chi connectivity index (χ0) is 14.3. The Labute approximate surface area is 127 Å². The van der Waals surface area contributed by atoms with Crippen LogP contribution in [0.15, 0.2) is 0 Å².